The Morgan fingerprint density at radius 3 is 2.83 bits per heavy atom. The first kappa shape index (κ1) is 23.0. The SMILES string of the molecule is C[C@H]1Oc2cc(cnc2N)-c2c(C#N)nn(C(=O)N(C)C)c2Cc2cccnc2-c2ccc(F)cc21. The molecule has 10 heteroatoms. The first-order chi connectivity index (χ1) is 17.3. The van der Waals surface area contributed by atoms with E-state index in [1.807, 2.05) is 6.07 Å². The number of nitrogens with two attached hydrogens (primary N) is 1. The average Bonchev–Trinajstić information content (AvgIpc) is 3.22. The second kappa shape index (κ2) is 8.78. The molecule has 36 heavy (non-hydrogen) atoms. The topological polar surface area (TPSA) is 123 Å². The number of amides is 1. The van der Waals surface area contributed by atoms with Gasteiger partial charge in [-0.15, -0.1) is 0 Å². The quantitative estimate of drug-likeness (QED) is 0.398. The van der Waals surface area contributed by atoms with Gasteiger partial charge in [0.2, 0.25) is 0 Å². The van der Waals surface area contributed by atoms with Gasteiger partial charge in [-0.05, 0) is 42.8 Å². The molecular weight excluding hydrogens is 461 g/mol. The van der Waals surface area contributed by atoms with E-state index in [-0.39, 0.29) is 23.7 Å². The van der Waals surface area contributed by atoms with Gasteiger partial charge in [0, 0.05) is 55.2 Å². The molecular formula is C26H22FN7O2. The lowest BCUT2D eigenvalue weighted by molar-refractivity contribution is 0.215. The van der Waals surface area contributed by atoms with E-state index in [0.717, 1.165) is 5.56 Å². The summed E-state index contributed by atoms with van der Waals surface area (Å²) < 4.78 is 21.8. The maximum Gasteiger partial charge on any atom is 0.344 e. The molecule has 0 fully saturated rings. The maximum absolute atomic E-state index is 14.4. The highest BCUT2D eigenvalue weighted by Gasteiger charge is 2.28. The zero-order valence-electron chi connectivity index (χ0n) is 19.9. The Bertz CT molecular complexity index is 1550. The summed E-state index contributed by atoms with van der Waals surface area (Å²) in [5.41, 5.74) is 10.3. The molecule has 1 aromatic carbocycles. The number of ether oxygens (including phenoxy) is 1. The van der Waals surface area contributed by atoms with E-state index in [9.17, 15) is 14.4 Å². The average molecular weight is 484 g/mol. The number of hydrogen-bond acceptors (Lipinski definition) is 7. The molecule has 2 N–H and O–H groups in total. The molecule has 0 saturated carbocycles. The number of anilines is 1. The van der Waals surface area contributed by atoms with Crippen molar-refractivity contribution in [3.63, 3.8) is 0 Å². The molecule has 0 saturated heterocycles. The van der Waals surface area contributed by atoms with Crippen LogP contribution in [0.25, 0.3) is 22.4 Å². The highest BCUT2D eigenvalue weighted by atomic mass is 19.1. The number of pyridine rings is 2. The Balaban J connectivity index is 1.87. The highest BCUT2D eigenvalue weighted by Crippen LogP contribution is 2.39. The number of nitrogens with zero attached hydrogens (tertiary/aromatic N) is 6. The Kier molecular flexibility index (Phi) is 5.60. The number of benzene rings is 1. The van der Waals surface area contributed by atoms with Crippen LogP contribution in [0.2, 0.25) is 0 Å². The molecule has 180 valence electrons. The van der Waals surface area contributed by atoms with Crippen LogP contribution < -0.4 is 10.5 Å². The number of aromatic nitrogens is 4. The van der Waals surface area contributed by atoms with Gasteiger partial charge in [0.25, 0.3) is 0 Å². The highest BCUT2D eigenvalue weighted by molar-refractivity contribution is 5.83. The molecule has 4 heterocycles. The van der Waals surface area contributed by atoms with Crippen molar-refractivity contribution in [2.45, 2.75) is 19.4 Å². The van der Waals surface area contributed by atoms with Crippen LogP contribution in [0.3, 0.4) is 0 Å². The van der Waals surface area contributed by atoms with Gasteiger partial charge in [0.1, 0.15) is 18.0 Å². The van der Waals surface area contributed by atoms with Crippen LogP contribution in [-0.2, 0) is 6.42 Å². The molecule has 5 rings (SSSR count). The van der Waals surface area contributed by atoms with Crippen LogP contribution in [0, 0.1) is 17.1 Å². The molecule has 1 aliphatic heterocycles. The summed E-state index contributed by atoms with van der Waals surface area (Å²) in [6.07, 6.45) is 2.79. The van der Waals surface area contributed by atoms with E-state index in [1.165, 1.54) is 27.9 Å². The fourth-order valence-corrected chi connectivity index (χ4v) is 4.38. The first-order valence-corrected chi connectivity index (χ1v) is 11.2. The minimum absolute atomic E-state index is 0.0655. The van der Waals surface area contributed by atoms with Crippen molar-refractivity contribution in [2.75, 3.05) is 19.8 Å². The fraction of sp³-hybridized carbons (Fsp3) is 0.192. The summed E-state index contributed by atoms with van der Waals surface area (Å²) in [5.74, 6) is -0.0151. The van der Waals surface area contributed by atoms with E-state index < -0.39 is 18.0 Å². The van der Waals surface area contributed by atoms with Crippen LogP contribution in [0.5, 0.6) is 5.75 Å². The van der Waals surface area contributed by atoms with Crippen LogP contribution in [-0.4, -0.2) is 44.8 Å². The number of nitrogen functional groups attached to an aromatic ring is 1. The zero-order valence-corrected chi connectivity index (χ0v) is 19.9. The number of rotatable bonds is 0. The van der Waals surface area contributed by atoms with Crippen LogP contribution in [0.4, 0.5) is 15.0 Å². The van der Waals surface area contributed by atoms with Crippen molar-refractivity contribution in [3.05, 3.63) is 77.1 Å². The Hall–Kier alpha value is -4.78. The van der Waals surface area contributed by atoms with Gasteiger partial charge >= 0.3 is 6.03 Å². The van der Waals surface area contributed by atoms with Crippen molar-refractivity contribution >= 4 is 11.8 Å². The molecule has 0 unspecified atom stereocenters. The van der Waals surface area contributed by atoms with Crippen LogP contribution in [0.1, 0.15) is 35.5 Å². The van der Waals surface area contributed by atoms with Gasteiger partial charge in [-0.3, -0.25) is 4.98 Å². The van der Waals surface area contributed by atoms with Gasteiger partial charge in [0.15, 0.2) is 17.3 Å². The molecule has 2 bridgehead atoms. The lowest BCUT2D eigenvalue weighted by atomic mass is 9.93. The monoisotopic (exact) mass is 483 g/mol. The molecule has 0 radical (unpaired) electrons. The number of carbonyl (C=O) groups excluding carboxylic acids is 1. The third-order valence-electron chi connectivity index (χ3n) is 6.08. The van der Waals surface area contributed by atoms with Gasteiger partial charge in [-0.25, -0.2) is 14.2 Å². The second-order valence-electron chi connectivity index (χ2n) is 8.66. The molecule has 9 nitrogen and oxygen atoms in total. The molecule has 0 aliphatic carbocycles. The number of hydrogen-bond donors (Lipinski definition) is 1. The predicted molar refractivity (Wildman–Crippen MR) is 131 cm³/mol. The third kappa shape index (κ3) is 3.80. The molecule has 3 aromatic heterocycles. The summed E-state index contributed by atoms with van der Waals surface area (Å²) in [6.45, 7) is 1.79. The van der Waals surface area contributed by atoms with Crippen LogP contribution >= 0.6 is 0 Å². The van der Waals surface area contributed by atoms with E-state index in [4.69, 9.17) is 10.5 Å². The maximum atomic E-state index is 14.4. The number of fused-ring (bicyclic) bond motifs is 7. The van der Waals surface area contributed by atoms with Crippen molar-refractivity contribution in [1.82, 2.24) is 24.6 Å². The predicted octanol–water partition coefficient (Wildman–Crippen LogP) is 4.17. The summed E-state index contributed by atoms with van der Waals surface area (Å²) in [6, 6.07) is 11.5. The van der Waals surface area contributed by atoms with E-state index >= 15 is 0 Å². The minimum atomic E-state index is -0.600. The summed E-state index contributed by atoms with van der Waals surface area (Å²) >= 11 is 0. The Morgan fingerprint density at radius 1 is 1.28 bits per heavy atom. The Morgan fingerprint density at radius 2 is 2.08 bits per heavy atom. The molecule has 1 atom stereocenters. The number of carbonyl (C=O) groups is 1. The normalized spacial score (nSPS) is 14.1. The number of nitriles is 1. The second-order valence-corrected chi connectivity index (χ2v) is 8.66. The molecule has 0 spiro atoms. The summed E-state index contributed by atoms with van der Waals surface area (Å²) in [4.78, 5) is 23.3. The van der Waals surface area contributed by atoms with Gasteiger partial charge in [-0.1, -0.05) is 6.07 Å². The minimum Gasteiger partial charge on any atom is -0.482 e. The largest absolute Gasteiger partial charge is 0.482 e. The van der Waals surface area contributed by atoms with Crippen LogP contribution in [0.15, 0.2) is 48.8 Å². The molecule has 4 aromatic rings. The van der Waals surface area contributed by atoms with Crippen molar-refractivity contribution < 1.29 is 13.9 Å². The van der Waals surface area contributed by atoms with Gasteiger partial charge in [-0.2, -0.15) is 15.0 Å². The fourth-order valence-electron chi connectivity index (χ4n) is 4.38. The summed E-state index contributed by atoms with van der Waals surface area (Å²) in [7, 11) is 3.21. The number of halogens is 1. The standard InChI is InChI=1S/C26H22FN7O2/c1-14-19-11-17(27)6-7-18(19)24-15(5-4-8-30-24)9-21-23(16-10-22(36-14)25(29)31-13-16)20(12-28)32-34(21)26(35)33(2)3/h4-8,10-11,13-14H,9H2,1-3H3,(H2,29,31)/t14-/m1/s1. The van der Waals surface area contributed by atoms with Crippen molar-refractivity contribution in [1.29, 1.82) is 5.26 Å². The molecule has 1 amide bonds. The lowest BCUT2D eigenvalue weighted by Gasteiger charge is -2.22. The van der Waals surface area contributed by atoms with E-state index in [2.05, 4.69) is 21.1 Å². The van der Waals surface area contributed by atoms with E-state index in [0.29, 0.717) is 33.6 Å². The molecule has 1 aliphatic rings. The van der Waals surface area contributed by atoms with Gasteiger partial charge in [0.05, 0.1) is 11.4 Å². The zero-order chi connectivity index (χ0) is 25.6. The summed E-state index contributed by atoms with van der Waals surface area (Å²) in [5, 5.41) is 14.3. The smallest absolute Gasteiger partial charge is 0.344 e. The van der Waals surface area contributed by atoms with E-state index in [1.54, 1.807) is 45.4 Å². The lowest BCUT2D eigenvalue weighted by Crippen LogP contribution is -2.29. The van der Waals surface area contributed by atoms with Crippen molar-refractivity contribution in [3.8, 4) is 34.2 Å². The van der Waals surface area contributed by atoms with Crippen molar-refractivity contribution in [2.24, 2.45) is 0 Å². The third-order valence-corrected chi connectivity index (χ3v) is 6.08. The Labute approximate surface area is 206 Å². The van der Waals surface area contributed by atoms with Gasteiger partial charge < -0.3 is 15.4 Å². The first-order valence-electron chi connectivity index (χ1n) is 11.2.